The third kappa shape index (κ3) is 4.07. The highest BCUT2D eigenvalue weighted by Crippen LogP contribution is 2.22. The second kappa shape index (κ2) is 7.85. The van der Waals surface area contributed by atoms with Crippen molar-refractivity contribution in [2.24, 2.45) is 7.05 Å². The van der Waals surface area contributed by atoms with Crippen molar-refractivity contribution in [1.82, 2.24) is 14.7 Å². The number of benzene rings is 2. The van der Waals surface area contributed by atoms with Gasteiger partial charge >= 0.3 is 0 Å². The van der Waals surface area contributed by atoms with Crippen molar-refractivity contribution in [1.29, 1.82) is 0 Å². The Labute approximate surface area is 164 Å². The molecule has 0 saturated carbocycles. The SMILES string of the molecule is CN(Cc1cnn(C)c1)C(=O)c1cccc(S(=O)(=O)N(C)c2ccccc2)c1. The third-order valence-corrected chi connectivity index (χ3v) is 6.17. The Kier molecular flexibility index (Phi) is 5.51. The van der Waals surface area contributed by atoms with E-state index in [9.17, 15) is 13.2 Å². The Morgan fingerprint density at radius 3 is 2.43 bits per heavy atom. The van der Waals surface area contributed by atoms with Crippen molar-refractivity contribution in [2.45, 2.75) is 11.4 Å². The molecule has 0 N–H and O–H groups in total. The molecule has 2 aromatic carbocycles. The number of para-hydroxylation sites is 1. The number of amides is 1. The Bertz CT molecular complexity index is 1080. The molecule has 0 bridgehead atoms. The summed E-state index contributed by atoms with van der Waals surface area (Å²) in [6.07, 6.45) is 3.53. The van der Waals surface area contributed by atoms with Crippen LogP contribution in [-0.4, -0.2) is 43.1 Å². The number of aryl methyl sites for hydroxylation is 1. The summed E-state index contributed by atoms with van der Waals surface area (Å²) in [5, 5.41) is 4.09. The van der Waals surface area contributed by atoms with Crippen LogP contribution in [0.1, 0.15) is 15.9 Å². The lowest BCUT2D eigenvalue weighted by atomic mass is 10.2. The van der Waals surface area contributed by atoms with E-state index < -0.39 is 10.0 Å². The fourth-order valence-corrected chi connectivity index (χ4v) is 4.09. The van der Waals surface area contributed by atoms with Crippen LogP contribution in [-0.2, 0) is 23.6 Å². The summed E-state index contributed by atoms with van der Waals surface area (Å²) in [5.41, 5.74) is 1.76. The number of carbonyl (C=O) groups excluding carboxylic acids is 1. The van der Waals surface area contributed by atoms with E-state index in [1.165, 1.54) is 28.4 Å². The summed E-state index contributed by atoms with van der Waals surface area (Å²) in [5.74, 6) is -0.261. The highest BCUT2D eigenvalue weighted by atomic mass is 32.2. The van der Waals surface area contributed by atoms with Crippen LogP contribution in [0.4, 0.5) is 5.69 Å². The largest absolute Gasteiger partial charge is 0.337 e. The molecule has 0 aliphatic rings. The molecule has 0 unspecified atom stereocenters. The standard InChI is InChI=1S/C20H22N4O3S/c1-22(14-16-13-21-23(2)15-16)20(25)17-8-7-11-19(12-17)28(26,27)24(3)18-9-5-4-6-10-18/h4-13,15H,14H2,1-3H3. The quantitative estimate of drug-likeness (QED) is 0.639. The number of anilines is 1. The average molecular weight is 398 g/mol. The highest BCUT2D eigenvalue weighted by molar-refractivity contribution is 7.92. The number of sulfonamides is 1. The Balaban J connectivity index is 1.84. The zero-order valence-electron chi connectivity index (χ0n) is 16.0. The van der Waals surface area contributed by atoms with Crippen LogP contribution < -0.4 is 4.31 Å². The Morgan fingerprint density at radius 2 is 1.79 bits per heavy atom. The predicted octanol–water partition coefficient (Wildman–Crippen LogP) is 2.52. The summed E-state index contributed by atoms with van der Waals surface area (Å²) >= 11 is 0. The summed E-state index contributed by atoms with van der Waals surface area (Å²) in [4.78, 5) is 14.4. The topological polar surface area (TPSA) is 75.5 Å². The fourth-order valence-electron chi connectivity index (χ4n) is 2.84. The van der Waals surface area contributed by atoms with Crippen molar-refractivity contribution in [3.05, 3.63) is 78.1 Å². The molecular formula is C20H22N4O3S. The van der Waals surface area contributed by atoms with Crippen LogP contribution in [0.3, 0.4) is 0 Å². The Hall–Kier alpha value is -3.13. The molecule has 7 nitrogen and oxygen atoms in total. The predicted molar refractivity (Wildman–Crippen MR) is 107 cm³/mol. The van der Waals surface area contributed by atoms with Gasteiger partial charge in [0.05, 0.1) is 16.8 Å². The zero-order valence-corrected chi connectivity index (χ0v) is 16.8. The fraction of sp³-hybridized carbons (Fsp3) is 0.200. The summed E-state index contributed by atoms with van der Waals surface area (Å²) in [7, 11) is 1.20. The molecule has 1 amide bonds. The number of hydrogen-bond donors (Lipinski definition) is 0. The molecule has 8 heteroatoms. The first kappa shape index (κ1) is 19.6. The summed E-state index contributed by atoms with van der Waals surface area (Å²) in [6.45, 7) is 0.383. The van der Waals surface area contributed by atoms with Gasteiger partial charge in [0.25, 0.3) is 15.9 Å². The molecule has 1 aromatic heterocycles. The average Bonchev–Trinajstić information content (AvgIpc) is 3.12. The molecule has 3 rings (SSSR count). The maximum absolute atomic E-state index is 13.0. The summed E-state index contributed by atoms with van der Waals surface area (Å²) < 4.78 is 28.8. The minimum atomic E-state index is -3.78. The van der Waals surface area contributed by atoms with Gasteiger partial charge in [-0.05, 0) is 30.3 Å². The molecule has 28 heavy (non-hydrogen) atoms. The molecule has 0 atom stereocenters. The van der Waals surface area contributed by atoms with E-state index in [1.54, 1.807) is 54.3 Å². The van der Waals surface area contributed by atoms with E-state index in [-0.39, 0.29) is 10.8 Å². The number of carbonyl (C=O) groups is 1. The van der Waals surface area contributed by atoms with Gasteiger partial charge in [0, 0.05) is 45.0 Å². The van der Waals surface area contributed by atoms with Gasteiger partial charge in [0.15, 0.2) is 0 Å². The normalized spacial score (nSPS) is 11.2. The van der Waals surface area contributed by atoms with Crippen molar-refractivity contribution >= 4 is 21.6 Å². The van der Waals surface area contributed by atoms with Crippen molar-refractivity contribution < 1.29 is 13.2 Å². The molecule has 3 aromatic rings. The van der Waals surface area contributed by atoms with Crippen LogP contribution in [0.5, 0.6) is 0 Å². The number of hydrogen-bond acceptors (Lipinski definition) is 4. The monoisotopic (exact) mass is 398 g/mol. The van der Waals surface area contributed by atoms with Gasteiger partial charge in [-0.1, -0.05) is 24.3 Å². The van der Waals surface area contributed by atoms with Gasteiger partial charge in [0.1, 0.15) is 0 Å². The first-order chi connectivity index (χ1) is 13.3. The molecule has 0 radical (unpaired) electrons. The molecule has 0 aliphatic carbocycles. The van der Waals surface area contributed by atoms with Crippen LogP contribution in [0.15, 0.2) is 71.9 Å². The molecule has 0 saturated heterocycles. The van der Waals surface area contributed by atoms with Crippen molar-refractivity contribution in [3.8, 4) is 0 Å². The maximum Gasteiger partial charge on any atom is 0.264 e. The highest BCUT2D eigenvalue weighted by Gasteiger charge is 2.23. The summed E-state index contributed by atoms with van der Waals surface area (Å²) in [6, 6.07) is 14.9. The van der Waals surface area contributed by atoms with E-state index in [2.05, 4.69) is 5.10 Å². The van der Waals surface area contributed by atoms with E-state index in [0.29, 0.717) is 17.8 Å². The Morgan fingerprint density at radius 1 is 1.07 bits per heavy atom. The number of nitrogens with zero attached hydrogens (tertiary/aromatic N) is 4. The molecule has 0 fully saturated rings. The van der Waals surface area contributed by atoms with Crippen molar-refractivity contribution in [3.63, 3.8) is 0 Å². The first-order valence-electron chi connectivity index (χ1n) is 8.66. The number of rotatable bonds is 6. The van der Waals surface area contributed by atoms with E-state index in [0.717, 1.165) is 5.56 Å². The molecule has 0 spiro atoms. The van der Waals surface area contributed by atoms with Gasteiger partial charge in [0.2, 0.25) is 0 Å². The van der Waals surface area contributed by atoms with Crippen LogP contribution in [0.25, 0.3) is 0 Å². The maximum atomic E-state index is 13.0. The van der Waals surface area contributed by atoms with Gasteiger partial charge < -0.3 is 4.90 Å². The van der Waals surface area contributed by atoms with E-state index in [4.69, 9.17) is 0 Å². The lowest BCUT2D eigenvalue weighted by molar-refractivity contribution is 0.0785. The van der Waals surface area contributed by atoms with Gasteiger partial charge in [-0.2, -0.15) is 5.10 Å². The van der Waals surface area contributed by atoms with Gasteiger partial charge in [-0.25, -0.2) is 8.42 Å². The lowest BCUT2D eigenvalue weighted by Crippen LogP contribution is -2.28. The van der Waals surface area contributed by atoms with E-state index in [1.807, 2.05) is 19.3 Å². The second-order valence-electron chi connectivity index (χ2n) is 6.52. The van der Waals surface area contributed by atoms with Gasteiger partial charge in [-0.3, -0.25) is 13.8 Å². The van der Waals surface area contributed by atoms with Crippen LogP contribution >= 0.6 is 0 Å². The molecule has 0 aliphatic heterocycles. The van der Waals surface area contributed by atoms with Crippen LogP contribution in [0.2, 0.25) is 0 Å². The third-order valence-electron chi connectivity index (χ3n) is 4.38. The molecule has 146 valence electrons. The zero-order chi connectivity index (χ0) is 20.3. The molecule has 1 heterocycles. The lowest BCUT2D eigenvalue weighted by Gasteiger charge is -2.20. The second-order valence-corrected chi connectivity index (χ2v) is 8.49. The minimum Gasteiger partial charge on any atom is -0.337 e. The number of aromatic nitrogens is 2. The smallest absolute Gasteiger partial charge is 0.264 e. The van der Waals surface area contributed by atoms with Gasteiger partial charge in [-0.15, -0.1) is 0 Å². The molecular weight excluding hydrogens is 376 g/mol. The van der Waals surface area contributed by atoms with Crippen LogP contribution in [0, 0.1) is 0 Å². The van der Waals surface area contributed by atoms with Crippen molar-refractivity contribution in [2.75, 3.05) is 18.4 Å². The first-order valence-corrected chi connectivity index (χ1v) is 10.1. The van der Waals surface area contributed by atoms with E-state index >= 15 is 0 Å². The minimum absolute atomic E-state index is 0.0690.